The van der Waals surface area contributed by atoms with E-state index in [9.17, 15) is 0 Å². The number of hydrogen-bond donors (Lipinski definition) is 0. The molecule has 15 heavy (non-hydrogen) atoms. The summed E-state index contributed by atoms with van der Waals surface area (Å²) in [5.74, 6) is 0.697. The molecule has 0 saturated heterocycles. The van der Waals surface area contributed by atoms with Crippen LogP contribution in [0.5, 0.6) is 5.75 Å². The zero-order valence-corrected chi connectivity index (χ0v) is 9.68. The van der Waals surface area contributed by atoms with Crippen molar-refractivity contribution in [2.45, 2.75) is 6.61 Å². The lowest BCUT2D eigenvalue weighted by atomic mass is 10.4. The third-order valence-corrected chi connectivity index (χ3v) is 2.35. The van der Waals surface area contributed by atoms with Crippen LogP contribution < -0.4 is 4.74 Å². The van der Waals surface area contributed by atoms with E-state index in [-0.39, 0.29) is 0 Å². The molecule has 0 aliphatic rings. The van der Waals surface area contributed by atoms with Gasteiger partial charge in [0.2, 0.25) is 0 Å². The van der Waals surface area contributed by atoms with E-state index in [2.05, 4.69) is 31.2 Å². The molecule has 0 aromatic carbocycles. The Kier molecular flexibility index (Phi) is 2.96. The number of ether oxygens (including phenoxy) is 1. The van der Waals surface area contributed by atoms with Gasteiger partial charge in [-0.3, -0.25) is 4.68 Å². The number of halogens is 1. The molecule has 5 nitrogen and oxygen atoms in total. The predicted octanol–water partition coefficient (Wildman–Crippen LogP) is 1.55. The van der Waals surface area contributed by atoms with Gasteiger partial charge in [-0.1, -0.05) is 5.21 Å². The van der Waals surface area contributed by atoms with Crippen LogP contribution in [0.15, 0.2) is 29.1 Å². The van der Waals surface area contributed by atoms with Crippen molar-refractivity contribution in [3.05, 3.63) is 34.8 Å². The first-order valence-corrected chi connectivity index (χ1v) is 5.13. The molecule has 78 valence electrons. The van der Waals surface area contributed by atoms with Gasteiger partial charge in [0.05, 0.1) is 6.20 Å². The lowest BCUT2D eigenvalue weighted by Crippen LogP contribution is -1.97. The highest BCUT2D eigenvalue weighted by atomic mass is 79.9. The topological polar surface area (TPSA) is 52.8 Å². The second-order valence-corrected chi connectivity index (χ2v) is 3.72. The van der Waals surface area contributed by atoms with Gasteiger partial charge in [-0.05, 0) is 28.1 Å². The van der Waals surface area contributed by atoms with Gasteiger partial charge >= 0.3 is 0 Å². The molecule has 0 bridgehead atoms. The summed E-state index contributed by atoms with van der Waals surface area (Å²) in [4.78, 5) is 4.05. The first kappa shape index (κ1) is 10.1. The van der Waals surface area contributed by atoms with Crippen LogP contribution in [-0.2, 0) is 13.7 Å². The summed E-state index contributed by atoms with van der Waals surface area (Å²) < 4.78 is 7.84. The fourth-order valence-electron chi connectivity index (χ4n) is 1.09. The van der Waals surface area contributed by atoms with Gasteiger partial charge in [0.15, 0.2) is 5.75 Å². The Morgan fingerprint density at radius 2 is 2.40 bits per heavy atom. The van der Waals surface area contributed by atoms with E-state index in [4.69, 9.17) is 4.74 Å². The quantitative estimate of drug-likeness (QED) is 0.793. The third kappa shape index (κ3) is 2.53. The summed E-state index contributed by atoms with van der Waals surface area (Å²) in [6.45, 7) is 0.387. The molecule has 0 spiro atoms. The minimum absolute atomic E-state index is 0.387. The van der Waals surface area contributed by atoms with Crippen molar-refractivity contribution in [2.75, 3.05) is 0 Å². The summed E-state index contributed by atoms with van der Waals surface area (Å²) in [5.41, 5.74) is 0.785. The van der Waals surface area contributed by atoms with Crippen molar-refractivity contribution in [3.63, 3.8) is 0 Å². The van der Waals surface area contributed by atoms with Gasteiger partial charge in [0.1, 0.15) is 16.9 Å². The van der Waals surface area contributed by atoms with Gasteiger partial charge in [0, 0.05) is 13.2 Å². The second kappa shape index (κ2) is 4.39. The molecule has 0 atom stereocenters. The van der Waals surface area contributed by atoms with Gasteiger partial charge in [-0.2, -0.15) is 0 Å². The molecule has 0 aliphatic heterocycles. The van der Waals surface area contributed by atoms with Crippen LogP contribution >= 0.6 is 15.9 Å². The van der Waals surface area contributed by atoms with E-state index >= 15 is 0 Å². The minimum Gasteiger partial charge on any atom is -0.484 e. The molecule has 0 aliphatic carbocycles. The highest BCUT2D eigenvalue weighted by Gasteiger charge is 2.03. The van der Waals surface area contributed by atoms with E-state index in [0.29, 0.717) is 17.0 Å². The first-order chi connectivity index (χ1) is 7.25. The fraction of sp³-hybridized carbons (Fsp3) is 0.222. The Hall–Kier alpha value is -1.43. The summed E-state index contributed by atoms with van der Waals surface area (Å²) in [7, 11) is 1.82. The second-order valence-electron chi connectivity index (χ2n) is 2.96. The summed E-state index contributed by atoms with van der Waals surface area (Å²) >= 11 is 3.30. The maximum atomic E-state index is 5.51. The largest absolute Gasteiger partial charge is 0.484 e. The van der Waals surface area contributed by atoms with E-state index in [1.165, 1.54) is 0 Å². The van der Waals surface area contributed by atoms with Crippen LogP contribution in [0.4, 0.5) is 0 Å². The lowest BCUT2D eigenvalue weighted by molar-refractivity contribution is 0.297. The Labute approximate surface area is 95.2 Å². The van der Waals surface area contributed by atoms with Gasteiger partial charge < -0.3 is 4.74 Å². The molecule has 0 amide bonds. The number of hydrogen-bond acceptors (Lipinski definition) is 4. The SMILES string of the molecule is Cn1cc(COc2cccnc2Br)nn1. The Morgan fingerprint density at radius 1 is 1.53 bits per heavy atom. The van der Waals surface area contributed by atoms with E-state index < -0.39 is 0 Å². The number of rotatable bonds is 3. The number of nitrogens with zero attached hydrogens (tertiary/aromatic N) is 4. The van der Waals surface area contributed by atoms with Crippen LogP contribution in [-0.4, -0.2) is 20.0 Å². The normalized spacial score (nSPS) is 10.3. The molecule has 2 rings (SSSR count). The van der Waals surface area contributed by atoms with Crippen molar-refractivity contribution >= 4 is 15.9 Å². The summed E-state index contributed by atoms with van der Waals surface area (Å²) in [5, 5.41) is 7.72. The minimum atomic E-state index is 0.387. The average molecular weight is 269 g/mol. The molecular weight excluding hydrogens is 260 g/mol. The summed E-state index contributed by atoms with van der Waals surface area (Å²) in [6, 6.07) is 3.66. The molecule has 0 radical (unpaired) electrons. The van der Waals surface area contributed by atoms with E-state index in [0.717, 1.165) is 5.69 Å². The molecule has 2 aromatic rings. The average Bonchev–Trinajstić information content (AvgIpc) is 2.63. The molecule has 0 saturated carbocycles. The maximum Gasteiger partial charge on any atom is 0.152 e. The van der Waals surface area contributed by atoms with Crippen LogP contribution in [0.3, 0.4) is 0 Å². The van der Waals surface area contributed by atoms with Crippen LogP contribution in [0.1, 0.15) is 5.69 Å². The van der Waals surface area contributed by atoms with Crippen molar-refractivity contribution in [3.8, 4) is 5.75 Å². The molecular formula is C9H9BrN4O. The van der Waals surface area contributed by atoms with Crippen molar-refractivity contribution in [2.24, 2.45) is 7.05 Å². The summed E-state index contributed by atoms with van der Waals surface area (Å²) in [6.07, 6.45) is 3.50. The fourth-order valence-corrected chi connectivity index (χ4v) is 1.46. The maximum absolute atomic E-state index is 5.51. The number of pyridine rings is 1. The van der Waals surface area contributed by atoms with Crippen molar-refractivity contribution in [1.29, 1.82) is 0 Å². The van der Waals surface area contributed by atoms with E-state index in [1.54, 1.807) is 10.9 Å². The highest BCUT2D eigenvalue weighted by molar-refractivity contribution is 9.10. The zero-order chi connectivity index (χ0) is 10.7. The van der Waals surface area contributed by atoms with Gasteiger partial charge in [-0.15, -0.1) is 5.10 Å². The molecule has 0 unspecified atom stereocenters. The van der Waals surface area contributed by atoms with Crippen molar-refractivity contribution in [1.82, 2.24) is 20.0 Å². The van der Waals surface area contributed by atoms with Gasteiger partial charge in [-0.25, -0.2) is 4.98 Å². The molecule has 2 aromatic heterocycles. The monoisotopic (exact) mass is 268 g/mol. The number of aryl methyl sites for hydroxylation is 1. The third-order valence-electron chi connectivity index (χ3n) is 1.75. The van der Waals surface area contributed by atoms with E-state index in [1.807, 2.05) is 25.4 Å². The van der Waals surface area contributed by atoms with Gasteiger partial charge in [0.25, 0.3) is 0 Å². The zero-order valence-electron chi connectivity index (χ0n) is 8.09. The van der Waals surface area contributed by atoms with Crippen LogP contribution in [0.25, 0.3) is 0 Å². The Balaban J connectivity index is 2.02. The van der Waals surface area contributed by atoms with Crippen LogP contribution in [0, 0.1) is 0 Å². The lowest BCUT2D eigenvalue weighted by Gasteiger charge is -2.04. The molecule has 0 N–H and O–H groups in total. The first-order valence-electron chi connectivity index (χ1n) is 4.34. The molecule has 6 heteroatoms. The standard InChI is InChI=1S/C9H9BrN4O/c1-14-5-7(12-13-14)6-15-8-3-2-4-11-9(8)10/h2-5H,6H2,1H3. The van der Waals surface area contributed by atoms with Crippen LogP contribution in [0.2, 0.25) is 0 Å². The molecule has 2 heterocycles. The highest BCUT2D eigenvalue weighted by Crippen LogP contribution is 2.21. The Bertz CT molecular complexity index is 457. The number of aromatic nitrogens is 4. The smallest absolute Gasteiger partial charge is 0.152 e. The van der Waals surface area contributed by atoms with Crippen molar-refractivity contribution < 1.29 is 4.74 Å². The predicted molar refractivity (Wildman–Crippen MR) is 57.3 cm³/mol. The Morgan fingerprint density at radius 3 is 3.07 bits per heavy atom. The molecule has 0 fully saturated rings.